The normalized spacial score (nSPS) is 14.7. The van der Waals surface area contributed by atoms with Gasteiger partial charge in [-0.3, -0.25) is 9.69 Å². The van der Waals surface area contributed by atoms with Gasteiger partial charge in [0, 0.05) is 50.3 Å². The van der Waals surface area contributed by atoms with Crippen molar-refractivity contribution in [2.45, 2.75) is 19.1 Å². The molecule has 0 atom stereocenters. The summed E-state index contributed by atoms with van der Waals surface area (Å²) < 4.78 is 54.9. The van der Waals surface area contributed by atoms with Gasteiger partial charge in [0.15, 0.2) is 17.3 Å². The van der Waals surface area contributed by atoms with Gasteiger partial charge in [-0.15, -0.1) is 0 Å². The van der Waals surface area contributed by atoms with Gasteiger partial charge in [0.05, 0.1) is 11.8 Å². The van der Waals surface area contributed by atoms with E-state index in [9.17, 15) is 22.4 Å². The van der Waals surface area contributed by atoms with E-state index >= 15 is 0 Å². The second kappa shape index (κ2) is 11.1. The lowest BCUT2D eigenvalue weighted by Gasteiger charge is -2.33. The van der Waals surface area contributed by atoms with Crippen LogP contribution in [0.3, 0.4) is 0 Å². The number of piperazine rings is 1. The molecule has 2 heterocycles. The minimum absolute atomic E-state index is 0.0299. The number of carbonyl (C=O) groups excluding carboxylic acids is 1. The number of hydrogen-bond acceptors (Lipinski definition) is 6. The molecular formula is C27H25F4N5O. The van der Waals surface area contributed by atoms with Gasteiger partial charge in [-0.2, -0.15) is 17.6 Å². The molecule has 10 heteroatoms. The molecule has 1 fully saturated rings. The summed E-state index contributed by atoms with van der Waals surface area (Å²) in [7, 11) is 1.99. The summed E-state index contributed by atoms with van der Waals surface area (Å²) in [5.41, 5.74) is 6.10. The summed E-state index contributed by atoms with van der Waals surface area (Å²) in [6.45, 7) is 3.22. The number of nitrogen functional groups attached to an aromatic ring is 1. The van der Waals surface area contributed by atoms with Gasteiger partial charge in [-0.25, -0.2) is 9.97 Å². The van der Waals surface area contributed by atoms with Crippen LogP contribution in [0, 0.1) is 17.8 Å². The Balaban J connectivity index is 1.51. The minimum atomic E-state index is -4.53. The first-order valence-corrected chi connectivity index (χ1v) is 11.6. The summed E-state index contributed by atoms with van der Waals surface area (Å²) in [6.07, 6.45) is -3.85. The third-order valence-electron chi connectivity index (χ3n) is 6.12. The van der Waals surface area contributed by atoms with Crippen LogP contribution in [0.15, 0.2) is 48.7 Å². The molecule has 1 aliphatic heterocycles. The lowest BCUT2D eigenvalue weighted by molar-refractivity contribution is -0.138. The molecule has 0 unspecified atom stereocenters. The van der Waals surface area contributed by atoms with Gasteiger partial charge in [0.25, 0.3) is 0 Å². The van der Waals surface area contributed by atoms with E-state index in [1.165, 1.54) is 12.1 Å². The minimum Gasteiger partial charge on any atom is -0.381 e. The van der Waals surface area contributed by atoms with Gasteiger partial charge >= 0.3 is 6.18 Å². The molecule has 4 rings (SSSR count). The Labute approximate surface area is 212 Å². The Hall–Kier alpha value is -3.81. The first-order chi connectivity index (χ1) is 17.6. The molecule has 0 spiro atoms. The molecule has 192 valence electrons. The molecule has 0 aliphatic carbocycles. The summed E-state index contributed by atoms with van der Waals surface area (Å²) in [5, 5.41) is 0. The highest BCUT2D eigenvalue weighted by Gasteiger charge is 2.34. The van der Waals surface area contributed by atoms with Crippen LogP contribution < -0.4 is 5.73 Å². The number of rotatable bonds is 5. The number of nitrogens with zero attached hydrogens (tertiary/aromatic N) is 4. The summed E-state index contributed by atoms with van der Waals surface area (Å²) in [4.78, 5) is 24.3. The number of ketones is 1. The van der Waals surface area contributed by atoms with Gasteiger partial charge in [-0.1, -0.05) is 30.2 Å². The molecule has 1 aromatic heterocycles. The van der Waals surface area contributed by atoms with Gasteiger partial charge in [0.2, 0.25) is 5.95 Å². The van der Waals surface area contributed by atoms with E-state index in [0.717, 1.165) is 25.4 Å². The van der Waals surface area contributed by atoms with Crippen molar-refractivity contribution in [3.8, 4) is 11.8 Å². The molecule has 2 N–H and O–H groups in total. The zero-order valence-corrected chi connectivity index (χ0v) is 20.1. The SMILES string of the molecule is CN1CCN(Cc2ccc(CC(=O)c3cccc(C#Cc4nc(F)cnc4N)c3)cc2C(F)(F)F)CC1. The van der Waals surface area contributed by atoms with Gasteiger partial charge in [-0.05, 0) is 42.3 Å². The standard InChI is InChI=1S/C27H25F4N5O/c1-35-9-11-36(12-10-35)17-21-7-5-19(14-22(21)27(29,30)31)15-24(37)20-4-2-3-18(13-20)6-8-23-26(32)33-16-25(28)34-23/h2-5,7,13-14,16H,9-12,15,17H2,1H3,(H2,32,33). The van der Waals surface area contributed by atoms with E-state index in [4.69, 9.17) is 5.73 Å². The number of Topliss-reactive ketones (excluding diaryl/α,β-unsaturated/α-hetero) is 1. The largest absolute Gasteiger partial charge is 0.416 e. The second-order valence-electron chi connectivity index (χ2n) is 8.93. The van der Waals surface area contributed by atoms with Crippen molar-refractivity contribution in [2.75, 3.05) is 39.0 Å². The number of alkyl halides is 3. The van der Waals surface area contributed by atoms with Crippen molar-refractivity contribution in [3.63, 3.8) is 0 Å². The van der Waals surface area contributed by atoms with Crippen LogP contribution in [0.1, 0.15) is 38.3 Å². The van der Waals surface area contributed by atoms with E-state index in [0.29, 0.717) is 24.2 Å². The first-order valence-electron chi connectivity index (χ1n) is 11.6. The lowest BCUT2D eigenvalue weighted by atomic mass is 9.97. The van der Waals surface area contributed by atoms with E-state index in [1.807, 2.05) is 11.9 Å². The maximum absolute atomic E-state index is 13.9. The number of hydrogen-bond donors (Lipinski definition) is 1. The second-order valence-corrected chi connectivity index (χ2v) is 8.93. The Bertz CT molecular complexity index is 1350. The zero-order valence-electron chi connectivity index (χ0n) is 20.1. The average molecular weight is 512 g/mol. The number of nitrogens with two attached hydrogens (primary N) is 1. The third kappa shape index (κ3) is 6.90. The van der Waals surface area contributed by atoms with E-state index in [-0.39, 0.29) is 41.4 Å². The number of likely N-dealkylation sites (N-methyl/N-ethyl adjacent to an activating group) is 1. The molecule has 6 nitrogen and oxygen atoms in total. The number of anilines is 1. The maximum Gasteiger partial charge on any atom is 0.416 e. The zero-order chi connectivity index (χ0) is 26.6. The first kappa shape index (κ1) is 26.3. The van der Waals surface area contributed by atoms with Crippen LogP contribution in [0.2, 0.25) is 0 Å². The highest BCUT2D eigenvalue weighted by molar-refractivity contribution is 5.97. The Morgan fingerprint density at radius 3 is 2.57 bits per heavy atom. The molecule has 0 radical (unpaired) electrons. The molecular weight excluding hydrogens is 486 g/mol. The van der Waals surface area contributed by atoms with E-state index in [1.54, 1.807) is 24.3 Å². The smallest absolute Gasteiger partial charge is 0.381 e. The quantitative estimate of drug-likeness (QED) is 0.319. The van der Waals surface area contributed by atoms with Crippen LogP contribution in [-0.4, -0.2) is 58.8 Å². The summed E-state index contributed by atoms with van der Waals surface area (Å²) in [5.74, 6) is 4.17. The molecule has 0 saturated carbocycles. The van der Waals surface area contributed by atoms with Crippen molar-refractivity contribution in [1.82, 2.24) is 19.8 Å². The van der Waals surface area contributed by atoms with E-state index in [2.05, 4.69) is 26.7 Å². The van der Waals surface area contributed by atoms with Gasteiger partial charge in [0.1, 0.15) is 0 Å². The van der Waals surface area contributed by atoms with Crippen LogP contribution in [0.25, 0.3) is 0 Å². The molecule has 0 bridgehead atoms. The Morgan fingerprint density at radius 1 is 1.08 bits per heavy atom. The fourth-order valence-electron chi connectivity index (χ4n) is 4.04. The Kier molecular flexibility index (Phi) is 7.86. The highest BCUT2D eigenvalue weighted by atomic mass is 19.4. The molecule has 1 saturated heterocycles. The molecule has 37 heavy (non-hydrogen) atoms. The fourth-order valence-corrected chi connectivity index (χ4v) is 4.04. The number of aromatic nitrogens is 2. The average Bonchev–Trinajstić information content (AvgIpc) is 2.86. The topological polar surface area (TPSA) is 75.3 Å². The predicted octanol–water partition coefficient (Wildman–Crippen LogP) is 3.79. The van der Waals surface area contributed by atoms with Crippen molar-refractivity contribution in [1.29, 1.82) is 0 Å². The van der Waals surface area contributed by atoms with Crippen molar-refractivity contribution < 1.29 is 22.4 Å². The number of halogens is 4. The number of benzene rings is 2. The molecule has 2 aromatic carbocycles. The Morgan fingerprint density at radius 2 is 1.84 bits per heavy atom. The van der Waals surface area contributed by atoms with Crippen LogP contribution in [0.5, 0.6) is 0 Å². The fraction of sp³-hybridized carbons (Fsp3) is 0.296. The summed E-state index contributed by atoms with van der Waals surface area (Å²) >= 11 is 0. The molecule has 0 amide bonds. The van der Waals surface area contributed by atoms with Crippen molar-refractivity contribution in [2.24, 2.45) is 0 Å². The molecule has 1 aliphatic rings. The molecule has 3 aromatic rings. The number of carbonyl (C=O) groups is 1. The maximum atomic E-state index is 13.9. The van der Waals surface area contributed by atoms with Crippen LogP contribution >= 0.6 is 0 Å². The van der Waals surface area contributed by atoms with Crippen molar-refractivity contribution >= 4 is 11.6 Å². The van der Waals surface area contributed by atoms with Crippen LogP contribution in [0.4, 0.5) is 23.4 Å². The third-order valence-corrected chi connectivity index (χ3v) is 6.12. The lowest BCUT2D eigenvalue weighted by Crippen LogP contribution is -2.44. The van der Waals surface area contributed by atoms with Gasteiger partial charge < -0.3 is 10.6 Å². The monoisotopic (exact) mass is 511 g/mol. The van der Waals surface area contributed by atoms with Crippen molar-refractivity contribution in [3.05, 3.63) is 88.1 Å². The predicted molar refractivity (Wildman–Crippen MR) is 131 cm³/mol. The summed E-state index contributed by atoms with van der Waals surface area (Å²) in [6, 6.07) is 10.4. The van der Waals surface area contributed by atoms with E-state index < -0.39 is 17.7 Å². The van der Waals surface area contributed by atoms with Crippen LogP contribution in [-0.2, 0) is 19.1 Å². The highest BCUT2D eigenvalue weighted by Crippen LogP contribution is 2.34.